The van der Waals surface area contributed by atoms with Gasteiger partial charge in [0.25, 0.3) is 5.56 Å². The summed E-state index contributed by atoms with van der Waals surface area (Å²) in [7, 11) is 0. The van der Waals surface area contributed by atoms with Crippen LogP contribution in [0.1, 0.15) is 19.4 Å². The molecule has 2 aromatic carbocycles. The Balaban J connectivity index is 1.98. The molecule has 12 heteroatoms. The van der Waals surface area contributed by atoms with E-state index in [4.69, 9.17) is 28.3 Å². The lowest BCUT2D eigenvalue weighted by molar-refractivity contribution is 0.143. The van der Waals surface area contributed by atoms with Gasteiger partial charge >= 0.3 is 17.5 Å². The number of aryl methyl sites for hydroxylation is 2. The standard InChI is InChI=1S/C23H20Cl2N4O6/c1-3-26-16-9-8-14(10-17(16)27(4-2)21(26)31)28-12-18(35-23(33)34)20(30)29(22(28)32)11-13-6-5-7-15(24)19(13)25/h5-10,12H,3-4,11H2,1-2H3,(H,33,34). The summed E-state index contributed by atoms with van der Waals surface area (Å²) in [5.74, 6) is -0.575. The molecule has 10 nitrogen and oxygen atoms in total. The predicted octanol–water partition coefficient (Wildman–Crippen LogP) is 3.57. The molecule has 35 heavy (non-hydrogen) atoms. The largest absolute Gasteiger partial charge is 0.511 e. The Morgan fingerprint density at radius 2 is 1.63 bits per heavy atom. The minimum Gasteiger partial charge on any atom is -0.449 e. The summed E-state index contributed by atoms with van der Waals surface area (Å²) in [6, 6.07) is 9.68. The minimum absolute atomic E-state index is 0.158. The van der Waals surface area contributed by atoms with Crippen molar-refractivity contribution >= 4 is 40.4 Å². The number of rotatable bonds is 6. The zero-order chi connectivity index (χ0) is 25.4. The van der Waals surface area contributed by atoms with Crippen LogP contribution in [0.4, 0.5) is 4.79 Å². The van der Waals surface area contributed by atoms with E-state index in [1.165, 1.54) is 0 Å². The summed E-state index contributed by atoms with van der Waals surface area (Å²) in [4.78, 5) is 50.3. The second-order valence-electron chi connectivity index (χ2n) is 7.56. The van der Waals surface area contributed by atoms with Crippen molar-refractivity contribution in [3.63, 3.8) is 0 Å². The third-order valence-corrected chi connectivity index (χ3v) is 6.47. The molecule has 0 atom stereocenters. The number of fused-ring (bicyclic) bond motifs is 1. The number of ether oxygens (including phenoxy) is 1. The maximum atomic E-state index is 13.4. The van der Waals surface area contributed by atoms with Crippen LogP contribution in [0.2, 0.25) is 10.0 Å². The van der Waals surface area contributed by atoms with Gasteiger partial charge in [-0.2, -0.15) is 0 Å². The van der Waals surface area contributed by atoms with Crippen LogP contribution < -0.4 is 21.7 Å². The normalized spacial score (nSPS) is 11.2. The number of hydrogen-bond donors (Lipinski definition) is 1. The van der Waals surface area contributed by atoms with Crippen LogP contribution in [-0.4, -0.2) is 29.5 Å². The molecule has 1 N–H and O–H groups in total. The minimum atomic E-state index is -1.71. The molecular formula is C23H20Cl2N4O6. The van der Waals surface area contributed by atoms with Gasteiger partial charge in [0.05, 0.1) is 39.5 Å². The Morgan fingerprint density at radius 1 is 0.943 bits per heavy atom. The number of aromatic nitrogens is 4. The summed E-state index contributed by atoms with van der Waals surface area (Å²) in [5, 5.41) is 9.51. The van der Waals surface area contributed by atoms with E-state index in [0.717, 1.165) is 15.3 Å². The lowest BCUT2D eigenvalue weighted by atomic mass is 10.2. The average Bonchev–Trinajstić information content (AvgIpc) is 3.10. The zero-order valence-corrected chi connectivity index (χ0v) is 20.2. The van der Waals surface area contributed by atoms with E-state index in [0.29, 0.717) is 35.4 Å². The molecular weight excluding hydrogens is 499 g/mol. The van der Waals surface area contributed by atoms with E-state index in [9.17, 15) is 19.2 Å². The van der Waals surface area contributed by atoms with Gasteiger partial charge in [0.1, 0.15) is 0 Å². The van der Waals surface area contributed by atoms with Crippen LogP contribution in [0, 0.1) is 0 Å². The number of halogens is 2. The third-order valence-electron chi connectivity index (χ3n) is 5.61. The number of carboxylic acid groups (broad SMARTS) is 1. The lowest BCUT2D eigenvalue weighted by Gasteiger charge is -2.14. The molecule has 0 unspecified atom stereocenters. The molecule has 182 valence electrons. The molecule has 0 radical (unpaired) electrons. The Bertz CT molecular complexity index is 1650. The van der Waals surface area contributed by atoms with Crippen LogP contribution in [-0.2, 0) is 19.6 Å². The van der Waals surface area contributed by atoms with E-state index in [1.54, 1.807) is 45.5 Å². The molecule has 0 fully saturated rings. The summed E-state index contributed by atoms with van der Waals surface area (Å²) in [6.07, 6.45) is -0.698. The Kier molecular flexibility index (Phi) is 6.60. The van der Waals surface area contributed by atoms with E-state index < -0.39 is 23.2 Å². The SMILES string of the molecule is CCn1c(=O)n(CC)c2cc(-n3cc(OC(=O)O)c(=O)n(Cc4cccc(Cl)c4Cl)c3=O)ccc21. The van der Waals surface area contributed by atoms with Gasteiger partial charge in [0.2, 0.25) is 5.75 Å². The van der Waals surface area contributed by atoms with E-state index in [2.05, 4.69) is 4.74 Å². The molecule has 0 aliphatic heterocycles. The van der Waals surface area contributed by atoms with Crippen LogP contribution in [0.15, 0.2) is 57.0 Å². The second-order valence-corrected chi connectivity index (χ2v) is 8.35. The van der Waals surface area contributed by atoms with E-state index in [1.807, 2.05) is 13.8 Å². The molecule has 0 aliphatic carbocycles. The van der Waals surface area contributed by atoms with Crippen molar-refractivity contribution in [3.05, 3.63) is 89.5 Å². The van der Waals surface area contributed by atoms with Crippen molar-refractivity contribution in [1.29, 1.82) is 0 Å². The molecule has 0 amide bonds. The number of nitrogens with zero attached hydrogens (tertiary/aromatic N) is 4. The summed E-state index contributed by atoms with van der Waals surface area (Å²) in [6.45, 7) is 4.27. The number of benzene rings is 2. The van der Waals surface area contributed by atoms with Gasteiger partial charge in [0, 0.05) is 13.1 Å². The van der Waals surface area contributed by atoms with E-state index >= 15 is 0 Å². The highest BCUT2D eigenvalue weighted by Crippen LogP contribution is 2.26. The van der Waals surface area contributed by atoms with Gasteiger partial charge in [-0.05, 0) is 43.7 Å². The van der Waals surface area contributed by atoms with Crippen molar-refractivity contribution in [2.45, 2.75) is 33.5 Å². The molecule has 0 saturated carbocycles. The van der Waals surface area contributed by atoms with Crippen LogP contribution >= 0.6 is 23.2 Å². The number of imidazole rings is 1. The topological polar surface area (TPSA) is 117 Å². The molecule has 2 aromatic heterocycles. The van der Waals surface area contributed by atoms with Crippen LogP contribution in [0.25, 0.3) is 16.7 Å². The van der Waals surface area contributed by atoms with Crippen molar-refractivity contribution in [2.75, 3.05) is 0 Å². The Morgan fingerprint density at radius 3 is 2.29 bits per heavy atom. The smallest absolute Gasteiger partial charge is 0.449 e. The monoisotopic (exact) mass is 518 g/mol. The molecule has 0 spiro atoms. The molecule has 0 saturated heterocycles. The fourth-order valence-electron chi connectivity index (χ4n) is 3.98. The fourth-order valence-corrected chi connectivity index (χ4v) is 4.36. The second kappa shape index (κ2) is 9.47. The van der Waals surface area contributed by atoms with Crippen molar-refractivity contribution < 1.29 is 14.6 Å². The highest BCUT2D eigenvalue weighted by atomic mass is 35.5. The van der Waals surface area contributed by atoms with Gasteiger partial charge in [-0.15, -0.1) is 0 Å². The first-order valence-electron chi connectivity index (χ1n) is 10.6. The first kappa shape index (κ1) is 24.4. The van der Waals surface area contributed by atoms with Gasteiger partial charge in [0.15, 0.2) is 0 Å². The number of carbonyl (C=O) groups is 1. The summed E-state index contributed by atoms with van der Waals surface area (Å²) in [5.41, 5.74) is 0.0471. The van der Waals surface area contributed by atoms with Gasteiger partial charge < -0.3 is 9.84 Å². The van der Waals surface area contributed by atoms with Gasteiger partial charge in [-0.3, -0.25) is 23.1 Å². The molecule has 2 heterocycles. The first-order valence-corrected chi connectivity index (χ1v) is 11.4. The average molecular weight is 519 g/mol. The molecule has 4 rings (SSSR count). The Hall–Kier alpha value is -3.76. The quantitative estimate of drug-likeness (QED) is 0.390. The summed E-state index contributed by atoms with van der Waals surface area (Å²) < 4.78 is 9.73. The van der Waals surface area contributed by atoms with Crippen LogP contribution in [0.5, 0.6) is 5.75 Å². The van der Waals surface area contributed by atoms with Gasteiger partial charge in [-0.1, -0.05) is 35.3 Å². The summed E-state index contributed by atoms with van der Waals surface area (Å²) >= 11 is 12.3. The van der Waals surface area contributed by atoms with Crippen molar-refractivity contribution in [2.24, 2.45) is 0 Å². The molecule has 4 aromatic rings. The highest BCUT2D eigenvalue weighted by molar-refractivity contribution is 6.42. The molecule has 0 aliphatic rings. The third kappa shape index (κ3) is 4.26. The first-order chi connectivity index (χ1) is 16.7. The molecule has 0 bridgehead atoms. The fraction of sp³-hybridized carbons (Fsp3) is 0.217. The maximum Gasteiger partial charge on any atom is 0.511 e. The maximum absolute atomic E-state index is 13.4. The predicted molar refractivity (Wildman–Crippen MR) is 132 cm³/mol. The Labute approximate surface area is 207 Å². The highest BCUT2D eigenvalue weighted by Gasteiger charge is 2.19. The van der Waals surface area contributed by atoms with E-state index in [-0.39, 0.29) is 22.3 Å². The lowest BCUT2D eigenvalue weighted by Crippen LogP contribution is -2.40. The number of hydrogen-bond acceptors (Lipinski definition) is 5. The van der Waals surface area contributed by atoms with Crippen molar-refractivity contribution in [3.8, 4) is 11.4 Å². The zero-order valence-electron chi connectivity index (χ0n) is 18.7. The van der Waals surface area contributed by atoms with Crippen molar-refractivity contribution in [1.82, 2.24) is 18.3 Å². The van der Waals surface area contributed by atoms with Gasteiger partial charge in [-0.25, -0.2) is 14.4 Å². The van der Waals surface area contributed by atoms with Crippen LogP contribution in [0.3, 0.4) is 0 Å².